The molecule has 26 heavy (non-hydrogen) atoms. The molecule has 0 aliphatic carbocycles. The first kappa shape index (κ1) is 18.0. The van der Waals surface area contributed by atoms with Gasteiger partial charge in [-0.05, 0) is 12.1 Å². The van der Waals surface area contributed by atoms with E-state index in [1.54, 1.807) is 7.11 Å². The Kier molecular flexibility index (Phi) is 5.59. The van der Waals surface area contributed by atoms with Gasteiger partial charge >= 0.3 is 0 Å². The van der Waals surface area contributed by atoms with E-state index in [9.17, 15) is 5.11 Å². The number of aliphatic hydroxyl groups is 1. The van der Waals surface area contributed by atoms with E-state index in [4.69, 9.17) is 18.9 Å². The van der Waals surface area contributed by atoms with Crippen molar-refractivity contribution in [1.29, 1.82) is 0 Å². The fourth-order valence-electron chi connectivity index (χ4n) is 3.34. The van der Waals surface area contributed by atoms with Crippen molar-refractivity contribution in [2.45, 2.75) is 41.0 Å². The average Bonchev–Trinajstić information content (AvgIpc) is 2.70. The molecule has 0 unspecified atom stereocenters. The third kappa shape index (κ3) is 3.67. The second kappa shape index (κ2) is 8.08. The zero-order chi connectivity index (χ0) is 17.9. The Labute approximate surface area is 157 Å². The SMILES string of the molecule is CO[C@@H]1[C@H](O)[C@@H](Sc2ccccc2)O[C@@H]2CO[C@@H](c3ccccc3)O[C@@H]12. The van der Waals surface area contributed by atoms with Gasteiger partial charge in [0.1, 0.15) is 29.9 Å². The number of methoxy groups -OCH3 is 1. The normalized spacial score (nSPS) is 34.2. The van der Waals surface area contributed by atoms with Gasteiger partial charge < -0.3 is 24.1 Å². The Morgan fingerprint density at radius 2 is 1.69 bits per heavy atom. The Morgan fingerprint density at radius 1 is 1.00 bits per heavy atom. The molecule has 4 rings (SSSR count). The number of hydrogen-bond acceptors (Lipinski definition) is 6. The first-order valence-electron chi connectivity index (χ1n) is 8.66. The van der Waals surface area contributed by atoms with Gasteiger partial charge in [0.2, 0.25) is 0 Å². The molecule has 2 fully saturated rings. The maximum absolute atomic E-state index is 10.8. The quantitative estimate of drug-likeness (QED) is 0.888. The molecule has 138 valence electrons. The minimum absolute atomic E-state index is 0.287. The highest BCUT2D eigenvalue weighted by atomic mass is 32.2. The van der Waals surface area contributed by atoms with Crippen molar-refractivity contribution in [3.8, 4) is 0 Å². The number of ether oxygens (including phenoxy) is 4. The van der Waals surface area contributed by atoms with Crippen LogP contribution < -0.4 is 0 Å². The van der Waals surface area contributed by atoms with Crippen LogP contribution in [0.15, 0.2) is 65.6 Å². The number of rotatable bonds is 4. The van der Waals surface area contributed by atoms with E-state index in [2.05, 4.69) is 0 Å². The van der Waals surface area contributed by atoms with Crippen LogP contribution in [0.3, 0.4) is 0 Å². The van der Waals surface area contributed by atoms with Crippen LogP contribution in [0.2, 0.25) is 0 Å². The van der Waals surface area contributed by atoms with E-state index in [1.807, 2.05) is 60.7 Å². The van der Waals surface area contributed by atoms with Gasteiger partial charge in [0, 0.05) is 17.6 Å². The zero-order valence-corrected chi connectivity index (χ0v) is 15.2. The Balaban J connectivity index is 1.49. The predicted octanol–water partition coefficient (Wildman–Crippen LogP) is 2.99. The highest BCUT2D eigenvalue weighted by molar-refractivity contribution is 7.99. The molecule has 0 radical (unpaired) electrons. The molecule has 2 aromatic carbocycles. The van der Waals surface area contributed by atoms with Gasteiger partial charge in [-0.1, -0.05) is 60.3 Å². The smallest absolute Gasteiger partial charge is 0.184 e. The number of thioether (sulfide) groups is 1. The zero-order valence-electron chi connectivity index (χ0n) is 14.4. The summed E-state index contributed by atoms with van der Waals surface area (Å²) >= 11 is 1.48. The Hall–Kier alpha value is -1.41. The van der Waals surface area contributed by atoms with Gasteiger partial charge in [0.25, 0.3) is 0 Å². The topological polar surface area (TPSA) is 57.2 Å². The molecule has 1 N–H and O–H groups in total. The largest absolute Gasteiger partial charge is 0.387 e. The van der Waals surface area contributed by atoms with Crippen molar-refractivity contribution in [3.63, 3.8) is 0 Å². The van der Waals surface area contributed by atoms with Crippen LogP contribution in [-0.4, -0.2) is 48.7 Å². The summed E-state index contributed by atoms with van der Waals surface area (Å²) in [6.07, 6.45) is -2.44. The molecule has 2 aliphatic rings. The lowest BCUT2D eigenvalue weighted by Gasteiger charge is -2.47. The molecule has 6 atom stereocenters. The maximum atomic E-state index is 10.8. The molecule has 0 aromatic heterocycles. The third-order valence-corrected chi connectivity index (χ3v) is 5.81. The molecule has 2 aromatic rings. The average molecular weight is 374 g/mol. The summed E-state index contributed by atoms with van der Waals surface area (Å²) in [5.41, 5.74) is 0.500. The van der Waals surface area contributed by atoms with Crippen molar-refractivity contribution in [2.75, 3.05) is 13.7 Å². The summed E-state index contributed by atoms with van der Waals surface area (Å²) in [5.74, 6) is 0. The van der Waals surface area contributed by atoms with Crippen LogP contribution in [-0.2, 0) is 18.9 Å². The lowest BCUT2D eigenvalue weighted by atomic mass is 9.98. The first-order chi connectivity index (χ1) is 12.8. The van der Waals surface area contributed by atoms with Crippen molar-refractivity contribution in [2.24, 2.45) is 0 Å². The van der Waals surface area contributed by atoms with Crippen LogP contribution in [0.1, 0.15) is 11.9 Å². The number of hydrogen-bond donors (Lipinski definition) is 1. The van der Waals surface area contributed by atoms with Crippen molar-refractivity contribution >= 4 is 11.8 Å². The van der Waals surface area contributed by atoms with Crippen LogP contribution >= 0.6 is 11.8 Å². The fourth-order valence-corrected chi connectivity index (χ4v) is 4.42. The predicted molar refractivity (Wildman–Crippen MR) is 97.8 cm³/mol. The molecule has 0 saturated carbocycles. The van der Waals surface area contributed by atoms with Gasteiger partial charge in [-0.3, -0.25) is 0 Å². The van der Waals surface area contributed by atoms with E-state index in [1.165, 1.54) is 11.8 Å². The third-order valence-electron chi connectivity index (χ3n) is 4.65. The summed E-state index contributed by atoms with van der Waals surface area (Å²) in [7, 11) is 1.59. The van der Waals surface area contributed by atoms with Crippen molar-refractivity contribution in [1.82, 2.24) is 0 Å². The fraction of sp³-hybridized carbons (Fsp3) is 0.400. The molecule has 0 amide bonds. The van der Waals surface area contributed by atoms with Gasteiger partial charge in [-0.15, -0.1) is 0 Å². The molecule has 0 bridgehead atoms. The molecular formula is C20H22O5S. The van der Waals surface area contributed by atoms with Crippen LogP contribution in [0, 0.1) is 0 Å². The number of aliphatic hydroxyl groups excluding tert-OH is 1. The van der Waals surface area contributed by atoms with Crippen molar-refractivity contribution in [3.05, 3.63) is 66.2 Å². The Bertz CT molecular complexity index is 698. The lowest BCUT2D eigenvalue weighted by Crippen LogP contribution is -2.61. The molecule has 5 nitrogen and oxygen atoms in total. The highest BCUT2D eigenvalue weighted by Gasteiger charge is 2.50. The summed E-state index contributed by atoms with van der Waals surface area (Å²) < 4.78 is 23.7. The van der Waals surface area contributed by atoms with Gasteiger partial charge in [0.15, 0.2) is 6.29 Å². The van der Waals surface area contributed by atoms with E-state index < -0.39 is 23.9 Å². The summed E-state index contributed by atoms with van der Waals surface area (Å²) in [6, 6.07) is 19.6. The van der Waals surface area contributed by atoms with Crippen molar-refractivity contribution < 1.29 is 24.1 Å². The standard InChI is InChI=1S/C20H22O5S/c1-22-18-16(21)20(26-14-10-6-3-7-11-14)24-15-12-23-19(25-17(15)18)13-8-4-2-5-9-13/h2-11,15-21H,12H2,1H3/t15-,16+,17-,18-,19-,20-/m1/s1. The van der Waals surface area contributed by atoms with Gasteiger partial charge in [0.05, 0.1) is 6.61 Å². The lowest BCUT2D eigenvalue weighted by molar-refractivity contribution is -0.321. The number of benzene rings is 2. The Morgan fingerprint density at radius 3 is 2.38 bits per heavy atom. The number of fused-ring (bicyclic) bond motifs is 1. The minimum Gasteiger partial charge on any atom is -0.387 e. The van der Waals surface area contributed by atoms with Gasteiger partial charge in [-0.25, -0.2) is 0 Å². The molecule has 6 heteroatoms. The van der Waals surface area contributed by atoms with E-state index in [0.717, 1.165) is 10.5 Å². The second-order valence-corrected chi connectivity index (χ2v) is 7.51. The second-order valence-electron chi connectivity index (χ2n) is 6.34. The highest BCUT2D eigenvalue weighted by Crippen LogP contribution is 2.39. The molecular weight excluding hydrogens is 352 g/mol. The molecule has 2 saturated heterocycles. The summed E-state index contributed by atoms with van der Waals surface area (Å²) in [6.45, 7) is 0.392. The minimum atomic E-state index is -0.805. The maximum Gasteiger partial charge on any atom is 0.184 e. The monoisotopic (exact) mass is 374 g/mol. The summed E-state index contributed by atoms with van der Waals surface area (Å²) in [5, 5.41) is 10.8. The molecule has 2 heterocycles. The van der Waals surface area contributed by atoms with Crippen LogP contribution in [0.25, 0.3) is 0 Å². The van der Waals surface area contributed by atoms with Gasteiger partial charge in [-0.2, -0.15) is 0 Å². The summed E-state index contributed by atoms with van der Waals surface area (Å²) in [4.78, 5) is 1.03. The van der Waals surface area contributed by atoms with E-state index >= 15 is 0 Å². The van der Waals surface area contributed by atoms with Crippen LogP contribution in [0.4, 0.5) is 0 Å². The molecule has 2 aliphatic heterocycles. The van der Waals surface area contributed by atoms with Crippen LogP contribution in [0.5, 0.6) is 0 Å². The molecule has 0 spiro atoms. The van der Waals surface area contributed by atoms with E-state index in [0.29, 0.717) is 6.61 Å². The first-order valence-corrected chi connectivity index (χ1v) is 9.54. The van der Waals surface area contributed by atoms with E-state index in [-0.39, 0.29) is 12.2 Å².